The van der Waals surface area contributed by atoms with Crippen molar-refractivity contribution in [3.05, 3.63) is 23.9 Å². The highest BCUT2D eigenvalue weighted by Gasteiger charge is 2.73. The predicted molar refractivity (Wildman–Crippen MR) is 59.1 cm³/mol. The molecule has 0 N–H and O–H groups in total. The monoisotopic (exact) mass is 359 g/mol. The van der Waals surface area contributed by atoms with Crippen molar-refractivity contribution in [2.45, 2.75) is 23.9 Å². The first-order chi connectivity index (χ1) is 9.43. The van der Waals surface area contributed by atoms with Crippen molar-refractivity contribution in [2.75, 3.05) is 0 Å². The molecular weight excluding hydrogens is 352 g/mol. The van der Waals surface area contributed by atoms with Gasteiger partial charge in [-0.3, -0.25) is 0 Å². The van der Waals surface area contributed by atoms with Crippen LogP contribution >= 0.6 is 10.8 Å². The third-order valence-electron chi connectivity index (χ3n) is 2.40. The smallest absolute Gasteiger partial charge is 0.195 e. The fourth-order valence-corrected chi connectivity index (χ4v) is 4.86. The summed E-state index contributed by atoms with van der Waals surface area (Å²) in [4.78, 5) is 0. The van der Waals surface area contributed by atoms with Crippen molar-refractivity contribution in [3.63, 3.8) is 0 Å². The fraction of sp³-hybridized carbons (Fsp3) is 0.500. The van der Waals surface area contributed by atoms with E-state index in [2.05, 4.69) is 8.67 Å². The van der Waals surface area contributed by atoms with Gasteiger partial charge in [-0.05, 0) is 18.9 Å². The maximum Gasteiger partial charge on any atom is 0.520 e. The Labute approximate surface area is 116 Å². The van der Waals surface area contributed by atoms with Gasteiger partial charge in [0.25, 0.3) is 0 Å². The molecule has 122 valence electrons. The molecule has 0 atom stereocenters. The molecule has 5 nitrogen and oxygen atoms in total. The molecule has 0 spiro atoms. The highest BCUT2D eigenvalue weighted by Crippen LogP contribution is 2.79. The molecule has 2 rings (SSSR count). The fourth-order valence-electron chi connectivity index (χ4n) is 1.49. The number of nitrogens with zero attached hydrogens (tertiary/aromatic N) is 1. The van der Waals surface area contributed by atoms with Crippen LogP contribution in [-0.2, 0) is 18.7 Å². The van der Waals surface area contributed by atoms with E-state index in [4.69, 9.17) is 0 Å². The van der Waals surface area contributed by atoms with Gasteiger partial charge in [0.15, 0.2) is 0 Å². The summed E-state index contributed by atoms with van der Waals surface area (Å²) >= 11 is 0. The van der Waals surface area contributed by atoms with E-state index in [0.717, 1.165) is 12.2 Å². The summed E-state index contributed by atoms with van der Waals surface area (Å²) in [5.74, 6) is 0. The summed E-state index contributed by atoms with van der Waals surface area (Å²) in [5, 5.41) is 0. The van der Waals surface area contributed by atoms with E-state index in [1.165, 1.54) is 6.08 Å². The lowest BCUT2D eigenvalue weighted by molar-refractivity contribution is -0.0495. The van der Waals surface area contributed by atoms with Crippen molar-refractivity contribution < 1.29 is 43.4 Å². The molecule has 13 heteroatoms. The van der Waals surface area contributed by atoms with E-state index in [-0.39, 0.29) is 6.42 Å². The van der Waals surface area contributed by atoms with Crippen molar-refractivity contribution in [1.29, 1.82) is 0 Å². The molecule has 0 saturated carbocycles. The standard InChI is InChI=1S/C8H7F6NO4S2/c9-7(10,11)20(16,17)15(6-4-2-1-3-5-6)21(18-19-21)8(12,13)14/h2,4-5H,1,3H2. The number of rotatable bonds is 3. The lowest BCUT2D eigenvalue weighted by Gasteiger charge is -2.33. The van der Waals surface area contributed by atoms with Crippen LogP contribution in [0, 0.1) is 0 Å². The van der Waals surface area contributed by atoms with E-state index in [1.54, 1.807) is 0 Å². The van der Waals surface area contributed by atoms with Crippen LogP contribution in [0.5, 0.6) is 0 Å². The summed E-state index contributed by atoms with van der Waals surface area (Å²) in [6, 6.07) is 0. The number of hydrogen-bond acceptors (Lipinski definition) is 4. The summed E-state index contributed by atoms with van der Waals surface area (Å²) in [7, 11) is -11.4. The molecule has 1 aliphatic heterocycles. The van der Waals surface area contributed by atoms with Gasteiger partial charge in [-0.15, -0.1) is 16.9 Å². The molecule has 1 fully saturated rings. The molecule has 0 aromatic heterocycles. The first-order valence-corrected chi connectivity index (χ1v) is 8.07. The highest BCUT2D eigenvalue weighted by atomic mass is 32.3. The molecule has 0 unspecified atom stereocenters. The van der Waals surface area contributed by atoms with Crippen molar-refractivity contribution in [2.24, 2.45) is 0 Å². The Balaban J connectivity index is 2.58. The van der Waals surface area contributed by atoms with Gasteiger partial charge in [-0.1, -0.05) is 20.8 Å². The molecule has 1 saturated heterocycles. The number of halogens is 6. The van der Waals surface area contributed by atoms with Gasteiger partial charge in [0.2, 0.25) is 0 Å². The molecule has 0 amide bonds. The lowest BCUT2D eigenvalue weighted by atomic mass is 10.2. The zero-order chi connectivity index (χ0) is 16.1. The Morgan fingerprint density at radius 1 is 1.10 bits per heavy atom. The minimum atomic E-state index is -6.34. The Kier molecular flexibility index (Phi) is 3.75. The van der Waals surface area contributed by atoms with Crippen LogP contribution < -0.4 is 0 Å². The average molecular weight is 359 g/mol. The second-order valence-electron chi connectivity index (χ2n) is 3.84. The van der Waals surface area contributed by atoms with Gasteiger partial charge in [-0.2, -0.15) is 21.6 Å². The molecule has 0 radical (unpaired) electrons. The normalized spacial score (nSPS) is 23.4. The van der Waals surface area contributed by atoms with Crippen molar-refractivity contribution in [3.8, 4) is 0 Å². The third kappa shape index (κ3) is 2.62. The van der Waals surface area contributed by atoms with Crippen LogP contribution in [-0.4, -0.2) is 23.1 Å². The SMILES string of the molecule is O=S(=O)(N(C1=CCCC=C1)S1(C(F)(F)F)OO1)C(F)(F)F. The lowest BCUT2D eigenvalue weighted by Crippen LogP contribution is -2.41. The Bertz CT molecular complexity index is 589. The van der Waals surface area contributed by atoms with E-state index >= 15 is 0 Å². The van der Waals surface area contributed by atoms with Gasteiger partial charge < -0.3 is 0 Å². The molecule has 0 aromatic rings. The number of sulfonamides is 1. The number of alkyl halides is 6. The van der Waals surface area contributed by atoms with Crippen LogP contribution in [0.2, 0.25) is 0 Å². The maximum absolute atomic E-state index is 12.9. The summed E-state index contributed by atoms with van der Waals surface area (Å²) < 4.78 is 106. The predicted octanol–water partition coefficient (Wildman–Crippen LogP) is 3.40. The van der Waals surface area contributed by atoms with Crippen LogP contribution in [0.1, 0.15) is 12.8 Å². The zero-order valence-electron chi connectivity index (χ0n) is 9.81. The van der Waals surface area contributed by atoms with Gasteiger partial charge in [0.1, 0.15) is 0 Å². The van der Waals surface area contributed by atoms with E-state index in [9.17, 15) is 34.8 Å². The Morgan fingerprint density at radius 3 is 2.00 bits per heavy atom. The average Bonchev–Trinajstić information content (AvgIpc) is 3.09. The molecule has 0 aromatic carbocycles. The van der Waals surface area contributed by atoms with Crippen molar-refractivity contribution in [1.82, 2.24) is 3.71 Å². The highest BCUT2D eigenvalue weighted by molar-refractivity contribution is 8.32. The molecule has 1 aliphatic carbocycles. The van der Waals surface area contributed by atoms with Crippen LogP contribution in [0.25, 0.3) is 0 Å². The van der Waals surface area contributed by atoms with Gasteiger partial charge in [0.05, 0.1) is 16.5 Å². The van der Waals surface area contributed by atoms with Gasteiger partial charge in [-0.25, -0.2) is 0 Å². The summed E-state index contributed by atoms with van der Waals surface area (Å²) in [5.41, 5.74) is -12.2. The second-order valence-corrected chi connectivity index (χ2v) is 7.90. The quantitative estimate of drug-likeness (QED) is 0.440. The summed E-state index contributed by atoms with van der Waals surface area (Å²) in [6.07, 6.45) is 3.48. The molecular formula is C8H7F6NO4S2. The number of hydrogen-bond donors (Lipinski definition) is 0. The minimum Gasteiger partial charge on any atom is -0.195 e. The van der Waals surface area contributed by atoms with Crippen LogP contribution in [0.4, 0.5) is 26.3 Å². The Morgan fingerprint density at radius 2 is 1.67 bits per heavy atom. The molecule has 21 heavy (non-hydrogen) atoms. The molecule has 1 heterocycles. The first kappa shape index (κ1) is 16.5. The number of allylic oxidation sites excluding steroid dienone is 3. The Hall–Kier alpha value is -0.920. The molecule has 0 bridgehead atoms. The van der Waals surface area contributed by atoms with Crippen LogP contribution in [0.3, 0.4) is 0 Å². The minimum absolute atomic E-state index is 0.0864. The zero-order valence-corrected chi connectivity index (χ0v) is 11.4. The first-order valence-electron chi connectivity index (χ1n) is 5.19. The maximum atomic E-state index is 12.9. The second kappa shape index (κ2) is 4.79. The van der Waals surface area contributed by atoms with Crippen molar-refractivity contribution >= 4 is 20.8 Å². The third-order valence-corrected chi connectivity index (χ3v) is 6.44. The molecule has 2 aliphatic rings. The van der Waals surface area contributed by atoms with E-state index in [0.29, 0.717) is 6.42 Å². The largest absolute Gasteiger partial charge is 0.520 e. The van der Waals surface area contributed by atoms with E-state index < -0.39 is 41.2 Å². The van der Waals surface area contributed by atoms with Crippen LogP contribution in [0.15, 0.2) is 23.9 Å². The van der Waals surface area contributed by atoms with E-state index in [1.807, 2.05) is 0 Å². The van der Waals surface area contributed by atoms with Gasteiger partial charge in [0, 0.05) is 0 Å². The topological polar surface area (TPSA) is 62.4 Å². The summed E-state index contributed by atoms with van der Waals surface area (Å²) in [6.45, 7) is 0. The van der Waals surface area contributed by atoms with Gasteiger partial charge >= 0.3 is 21.0 Å².